The van der Waals surface area contributed by atoms with E-state index < -0.39 is 0 Å². The number of aryl methyl sites for hydroxylation is 1. The summed E-state index contributed by atoms with van der Waals surface area (Å²) in [6.07, 6.45) is 1.64. The van der Waals surface area contributed by atoms with Gasteiger partial charge < -0.3 is 13.7 Å². The summed E-state index contributed by atoms with van der Waals surface area (Å²) in [5, 5.41) is 0. The topological polar surface area (TPSA) is 61.4 Å². The molecule has 0 spiro atoms. The number of carbonyl (C=O) groups excluding carboxylic acids is 2. The number of carbonyl (C=O) groups is 2. The lowest BCUT2D eigenvalue weighted by atomic mass is 10.1. The minimum atomic E-state index is -0.0839. The van der Waals surface area contributed by atoms with Crippen molar-refractivity contribution in [2.75, 3.05) is 6.61 Å². The van der Waals surface area contributed by atoms with Crippen molar-refractivity contribution >= 4 is 11.6 Å². The first kappa shape index (κ1) is 17.7. The molecule has 0 atom stereocenters. The largest absolute Gasteiger partial charge is 0.485 e. The first-order valence-electron chi connectivity index (χ1n) is 8.42. The molecule has 134 valence electrons. The Kier molecular flexibility index (Phi) is 5.07. The molecular formula is C21H21NO4. The minimum Gasteiger partial charge on any atom is -0.485 e. The molecule has 0 fully saturated rings. The Balaban J connectivity index is 1.69. The van der Waals surface area contributed by atoms with Gasteiger partial charge in [0.15, 0.2) is 12.4 Å². The predicted molar refractivity (Wildman–Crippen MR) is 98.0 cm³/mol. The minimum absolute atomic E-state index is 0.00313. The van der Waals surface area contributed by atoms with Crippen LogP contribution in [0.5, 0.6) is 5.75 Å². The molecule has 0 saturated heterocycles. The lowest BCUT2D eigenvalue weighted by Gasteiger charge is -2.08. The van der Waals surface area contributed by atoms with Gasteiger partial charge in [0.2, 0.25) is 5.78 Å². The van der Waals surface area contributed by atoms with E-state index >= 15 is 0 Å². The van der Waals surface area contributed by atoms with E-state index in [0.29, 0.717) is 23.4 Å². The van der Waals surface area contributed by atoms with Crippen LogP contribution in [0, 0.1) is 13.8 Å². The Morgan fingerprint density at radius 1 is 1.12 bits per heavy atom. The maximum atomic E-state index is 12.6. The average Bonchev–Trinajstić information content (AvgIpc) is 3.24. The van der Waals surface area contributed by atoms with Crippen molar-refractivity contribution in [2.24, 2.45) is 0 Å². The van der Waals surface area contributed by atoms with Gasteiger partial charge in [0.05, 0.1) is 12.8 Å². The number of benzene rings is 1. The van der Waals surface area contributed by atoms with Gasteiger partial charge in [-0.2, -0.15) is 0 Å². The van der Waals surface area contributed by atoms with Crippen LogP contribution in [0.2, 0.25) is 0 Å². The van der Waals surface area contributed by atoms with Crippen LogP contribution in [0.4, 0.5) is 0 Å². The van der Waals surface area contributed by atoms with E-state index in [1.807, 2.05) is 36.6 Å². The third kappa shape index (κ3) is 3.77. The highest BCUT2D eigenvalue weighted by Crippen LogP contribution is 2.19. The normalized spacial score (nSPS) is 10.7. The van der Waals surface area contributed by atoms with Gasteiger partial charge in [0.25, 0.3) is 0 Å². The summed E-state index contributed by atoms with van der Waals surface area (Å²) in [4.78, 5) is 23.9. The van der Waals surface area contributed by atoms with Crippen molar-refractivity contribution in [3.8, 4) is 5.75 Å². The summed E-state index contributed by atoms with van der Waals surface area (Å²) in [6.45, 7) is 5.94. The van der Waals surface area contributed by atoms with Crippen LogP contribution in [0.1, 0.15) is 44.8 Å². The van der Waals surface area contributed by atoms with Crippen LogP contribution in [0.15, 0.2) is 53.1 Å². The predicted octanol–water partition coefficient (Wildman–Crippen LogP) is 4.21. The van der Waals surface area contributed by atoms with Gasteiger partial charge in [-0.15, -0.1) is 0 Å². The van der Waals surface area contributed by atoms with Crippen LogP contribution in [-0.4, -0.2) is 22.7 Å². The quantitative estimate of drug-likeness (QED) is 0.598. The molecule has 1 aromatic carbocycles. The van der Waals surface area contributed by atoms with Crippen LogP contribution in [-0.2, 0) is 6.54 Å². The van der Waals surface area contributed by atoms with Crippen molar-refractivity contribution in [3.63, 3.8) is 0 Å². The zero-order valence-electron chi connectivity index (χ0n) is 15.1. The molecule has 2 heterocycles. The second-order valence-electron chi connectivity index (χ2n) is 6.24. The van der Waals surface area contributed by atoms with Crippen LogP contribution < -0.4 is 4.74 Å². The number of furan rings is 1. The first-order chi connectivity index (χ1) is 12.5. The zero-order valence-corrected chi connectivity index (χ0v) is 15.1. The number of hydrogen-bond acceptors (Lipinski definition) is 4. The van der Waals surface area contributed by atoms with Gasteiger partial charge in [-0.25, -0.2) is 0 Å². The molecule has 0 N–H and O–H groups in total. The van der Waals surface area contributed by atoms with Gasteiger partial charge in [0, 0.05) is 22.5 Å². The summed E-state index contributed by atoms with van der Waals surface area (Å²) in [6, 6.07) is 12.4. The standard InChI is InChI=1S/C21H21NO4/c1-14-11-20(15(2)22(14)12-19-5-4-10-25-19)21(24)13-26-18-8-6-17(7-9-18)16(3)23/h4-11H,12-13H2,1-3H3. The van der Waals surface area contributed by atoms with Gasteiger partial charge in [-0.05, 0) is 63.2 Å². The number of hydrogen-bond donors (Lipinski definition) is 0. The van der Waals surface area contributed by atoms with E-state index in [-0.39, 0.29) is 18.2 Å². The lowest BCUT2D eigenvalue weighted by molar-refractivity contribution is 0.0919. The third-order valence-electron chi connectivity index (χ3n) is 4.40. The van der Waals surface area contributed by atoms with E-state index in [1.54, 1.807) is 30.5 Å². The number of Topliss-reactive ketones (excluding diaryl/α,β-unsaturated/α-hetero) is 2. The molecule has 0 bridgehead atoms. The highest BCUT2D eigenvalue weighted by Gasteiger charge is 2.17. The number of ketones is 2. The molecule has 0 radical (unpaired) electrons. The number of aromatic nitrogens is 1. The summed E-state index contributed by atoms with van der Waals surface area (Å²) in [5.74, 6) is 1.32. The van der Waals surface area contributed by atoms with Gasteiger partial charge in [-0.3, -0.25) is 9.59 Å². The molecule has 0 aliphatic carbocycles. The van der Waals surface area contributed by atoms with E-state index in [9.17, 15) is 9.59 Å². The fourth-order valence-electron chi connectivity index (χ4n) is 2.90. The molecular weight excluding hydrogens is 330 g/mol. The molecule has 2 aromatic heterocycles. The number of rotatable bonds is 7. The Bertz CT molecular complexity index is 918. The summed E-state index contributed by atoms with van der Waals surface area (Å²) in [7, 11) is 0. The Morgan fingerprint density at radius 2 is 1.85 bits per heavy atom. The van der Waals surface area contributed by atoms with Gasteiger partial charge >= 0.3 is 0 Å². The third-order valence-corrected chi connectivity index (χ3v) is 4.40. The SMILES string of the molecule is CC(=O)c1ccc(OCC(=O)c2cc(C)n(Cc3ccco3)c2C)cc1. The Morgan fingerprint density at radius 3 is 2.46 bits per heavy atom. The van der Waals surface area contributed by atoms with E-state index in [2.05, 4.69) is 0 Å². The van der Waals surface area contributed by atoms with Crippen molar-refractivity contribution < 1.29 is 18.7 Å². The van der Waals surface area contributed by atoms with Gasteiger partial charge in [0.1, 0.15) is 11.5 Å². The first-order valence-corrected chi connectivity index (χ1v) is 8.42. The van der Waals surface area contributed by atoms with Crippen molar-refractivity contribution in [1.29, 1.82) is 0 Å². The van der Waals surface area contributed by atoms with E-state index in [4.69, 9.17) is 9.15 Å². The maximum absolute atomic E-state index is 12.6. The fraction of sp³-hybridized carbons (Fsp3) is 0.238. The molecule has 5 nitrogen and oxygen atoms in total. The Labute approximate surface area is 152 Å². The monoisotopic (exact) mass is 351 g/mol. The molecule has 5 heteroatoms. The van der Waals surface area contributed by atoms with Crippen LogP contribution >= 0.6 is 0 Å². The fourth-order valence-corrected chi connectivity index (χ4v) is 2.90. The molecule has 3 rings (SSSR count). The van der Waals surface area contributed by atoms with Crippen molar-refractivity contribution in [1.82, 2.24) is 4.57 Å². The molecule has 0 aliphatic heterocycles. The maximum Gasteiger partial charge on any atom is 0.202 e. The van der Waals surface area contributed by atoms with E-state index in [0.717, 1.165) is 17.1 Å². The second kappa shape index (κ2) is 7.44. The molecule has 26 heavy (non-hydrogen) atoms. The average molecular weight is 351 g/mol. The van der Waals surface area contributed by atoms with Gasteiger partial charge in [-0.1, -0.05) is 0 Å². The summed E-state index contributed by atoms with van der Waals surface area (Å²) in [5.41, 5.74) is 3.15. The molecule has 3 aromatic rings. The summed E-state index contributed by atoms with van der Waals surface area (Å²) < 4.78 is 13.0. The highest BCUT2D eigenvalue weighted by atomic mass is 16.5. The molecule has 0 unspecified atom stereocenters. The summed E-state index contributed by atoms with van der Waals surface area (Å²) >= 11 is 0. The second-order valence-corrected chi connectivity index (χ2v) is 6.24. The van der Waals surface area contributed by atoms with Crippen molar-refractivity contribution in [3.05, 3.63) is 77.0 Å². The molecule has 0 saturated carbocycles. The highest BCUT2D eigenvalue weighted by molar-refractivity contribution is 5.98. The number of ether oxygens (including phenoxy) is 1. The van der Waals surface area contributed by atoms with Crippen LogP contribution in [0.3, 0.4) is 0 Å². The van der Waals surface area contributed by atoms with Crippen molar-refractivity contribution in [2.45, 2.75) is 27.3 Å². The Hall–Kier alpha value is -3.08. The van der Waals surface area contributed by atoms with Crippen LogP contribution in [0.25, 0.3) is 0 Å². The smallest absolute Gasteiger partial charge is 0.202 e. The lowest BCUT2D eigenvalue weighted by Crippen LogP contribution is -2.13. The van der Waals surface area contributed by atoms with E-state index in [1.165, 1.54) is 6.92 Å². The molecule has 0 aliphatic rings. The zero-order chi connectivity index (χ0) is 18.7. The molecule has 0 amide bonds. The number of nitrogens with zero attached hydrogens (tertiary/aromatic N) is 1.